The molecule has 1 spiro atoms. The Hall–Kier alpha value is -0.610. The lowest BCUT2D eigenvalue weighted by Gasteiger charge is -2.42. The van der Waals surface area contributed by atoms with Gasteiger partial charge in [-0.15, -0.1) is 0 Å². The Bertz CT molecular complexity index is 330. The Morgan fingerprint density at radius 1 is 1.11 bits per heavy atom. The average molecular weight is 267 g/mol. The Labute approximate surface area is 115 Å². The number of ether oxygens (including phenoxy) is 2. The molecule has 2 aliphatic heterocycles. The van der Waals surface area contributed by atoms with Gasteiger partial charge in [-0.3, -0.25) is 4.79 Å². The second-order valence-electron chi connectivity index (χ2n) is 6.31. The van der Waals surface area contributed by atoms with Crippen LogP contribution in [0.3, 0.4) is 0 Å². The van der Waals surface area contributed by atoms with Gasteiger partial charge in [0.15, 0.2) is 5.79 Å². The third-order valence-corrected chi connectivity index (χ3v) is 4.97. The first kappa shape index (κ1) is 13.4. The Balaban J connectivity index is 1.70. The molecule has 0 aromatic heterocycles. The van der Waals surface area contributed by atoms with Crippen LogP contribution in [-0.2, 0) is 14.3 Å². The first-order valence-electron chi connectivity index (χ1n) is 7.78. The van der Waals surface area contributed by atoms with E-state index in [0.29, 0.717) is 13.2 Å². The summed E-state index contributed by atoms with van der Waals surface area (Å²) in [6.07, 6.45) is 6.30. The maximum Gasteiger partial charge on any atom is 0.231 e. The van der Waals surface area contributed by atoms with Gasteiger partial charge in [0, 0.05) is 19.5 Å². The minimum absolute atomic E-state index is 0.0721. The van der Waals surface area contributed by atoms with E-state index in [-0.39, 0.29) is 11.8 Å². The monoisotopic (exact) mass is 267 g/mol. The van der Waals surface area contributed by atoms with Crippen LogP contribution in [0.4, 0.5) is 0 Å². The minimum atomic E-state index is -0.585. The van der Waals surface area contributed by atoms with E-state index in [2.05, 4.69) is 6.92 Å². The van der Waals surface area contributed by atoms with Gasteiger partial charge in [0.1, 0.15) is 0 Å². The molecule has 4 heteroatoms. The summed E-state index contributed by atoms with van der Waals surface area (Å²) in [5.41, 5.74) is 0. The standard InChI is InChI=1S/C15H25NO3/c1-12-5-8-16(9-6-12)14(17)13-4-2-3-7-15(13)18-10-11-19-15/h12-13H,2-11H2,1H3. The summed E-state index contributed by atoms with van der Waals surface area (Å²) in [4.78, 5) is 14.8. The van der Waals surface area contributed by atoms with Crippen molar-refractivity contribution in [2.24, 2.45) is 11.8 Å². The Morgan fingerprint density at radius 3 is 2.47 bits per heavy atom. The van der Waals surface area contributed by atoms with E-state index in [1.807, 2.05) is 4.90 Å². The van der Waals surface area contributed by atoms with Gasteiger partial charge in [-0.25, -0.2) is 0 Å². The van der Waals surface area contributed by atoms with Gasteiger partial charge in [-0.2, -0.15) is 0 Å². The average Bonchev–Trinajstić information content (AvgIpc) is 2.88. The van der Waals surface area contributed by atoms with E-state index in [0.717, 1.165) is 57.5 Å². The summed E-state index contributed by atoms with van der Waals surface area (Å²) in [6.45, 7) is 5.37. The van der Waals surface area contributed by atoms with Gasteiger partial charge in [0.05, 0.1) is 19.1 Å². The molecular formula is C15H25NO3. The molecule has 1 atom stereocenters. The number of hydrogen-bond donors (Lipinski definition) is 0. The number of rotatable bonds is 1. The van der Waals surface area contributed by atoms with Gasteiger partial charge < -0.3 is 14.4 Å². The predicted molar refractivity (Wildman–Crippen MR) is 71.6 cm³/mol. The summed E-state index contributed by atoms with van der Waals surface area (Å²) in [7, 11) is 0. The Morgan fingerprint density at radius 2 is 1.79 bits per heavy atom. The van der Waals surface area contributed by atoms with Crippen molar-refractivity contribution in [2.75, 3.05) is 26.3 Å². The van der Waals surface area contributed by atoms with Crippen molar-refractivity contribution in [1.82, 2.24) is 4.90 Å². The summed E-state index contributed by atoms with van der Waals surface area (Å²) >= 11 is 0. The molecule has 0 bridgehead atoms. The lowest BCUT2D eigenvalue weighted by atomic mass is 9.81. The fourth-order valence-electron chi connectivity index (χ4n) is 3.69. The molecule has 0 N–H and O–H groups in total. The lowest BCUT2D eigenvalue weighted by molar-refractivity contribution is -0.216. The SMILES string of the molecule is CC1CCN(C(=O)C2CCCCC23OCCO3)CC1. The smallest absolute Gasteiger partial charge is 0.231 e. The normalized spacial score (nSPS) is 31.8. The highest BCUT2D eigenvalue weighted by Crippen LogP contribution is 2.41. The van der Waals surface area contributed by atoms with E-state index >= 15 is 0 Å². The molecule has 2 saturated heterocycles. The highest BCUT2D eigenvalue weighted by atomic mass is 16.7. The second kappa shape index (κ2) is 5.41. The summed E-state index contributed by atoms with van der Waals surface area (Å²) in [5, 5.41) is 0. The van der Waals surface area contributed by atoms with Gasteiger partial charge in [-0.1, -0.05) is 13.3 Å². The van der Waals surface area contributed by atoms with Crippen LogP contribution in [-0.4, -0.2) is 42.9 Å². The molecule has 0 aromatic rings. The van der Waals surface area contributed by atoms with Crippen molar-refractivity contribution >= 4 is 5.91 Å². The minimum Gasteiger partial charge on any atom is -0.347 e. The van der Waals surface area contributed by atoms with E-state index in [1.165, 1.54) is 0 Å². The Kier molecular flexibility index (Phi) is 3.81. The zero-order valence-corrected chi connectivity index (χ0v) is 11.9. The van der Waals surface area contributed by atoms with E-state index < -0.39 is 5.79 Å². The molecule has 108 valence electrons. The molecule has 1 aliphatic carbocycles. The molecule has 0 radical (unpaired) electrons. The van der Waals surface area contributed by atoms with Crippen molar-refractivity contribution in [3.05, 3.63) is 0 Å². The highest BCUT2D eigenvalue weighted by molar-refractivity contribution is 5.80. The number of carbonyl (C=O) groups is 1. The molecule has 4 nitrogen and oxygen atoms in total. The number of likely N-dealkylation sites (tertiary alicyclic amines) is 1. The first-order valence-corrected chi connectivity index (χ1v) is 7.78. The molecule has 3 aliphatic rings. The van der Waals surface area contributed by atoms with Crippen molar-refractivity contribution in [2.45, 2.75) is 51.2 Å². The summed E-state index contributed by atoms with van der Waals surface area (Å²) in [5.74, 6) is 0.368. The van der Waals surface area contributed by atoms with Crippen LogP contribution in [0.15, 0.2) is 0 Å². The van der Waals surface area contributed by atoms with E-state index in [9.17, 15) is 4.79 Å². The molecule has 1 unspecified atom stereocenters. The van der Waals surface area contributed by atoms with Crippen LogP contribution < -0.4 is 0 Å². The molecule has 0 aromatic carbocycles. The van der Waals surface area contributed by atoms with E-state index in [4.69, 9.17) is 9.47 Å². The van der Waals surface area contributed by atoms with E-state index in [1.54, 1.807) is 0 Å². The number of carbonyl (C=O) groups excluding carboxylic acids is 1. The number of amides is 1. The third-order valence-electron chi connectivity index (χ3n) is 4.97. The van der Waals surface area contributed by atoms with Gasteiger partial charge >= 0.3 is 0 Å². The molecule has 1 saturated carbocycles. The van der Waals surface area contributed by atoms with Gasteiger partial charge in [0.25, 0.3) is 0 Å². The first-order chi connectivity index (χ1) is 9.21. The predicted octanol–water partition coefficient (Wildman–Crippen LogP) is 2.18. The van der Waals surface area contributed by atoms with Crippen LogP contribution in [0.1, 0.15) is 45.4 Å². The topological polar surface area (TPSA) is 38.8 Å². The molecule has 3 rings (SSSR count). The zero-order valence-electron chi connectivity index (χ0n) is 11.9. The van der Waals surface area contributed by atoms with Gasteiger partial charge in [-0.05, 0) is 31.6 Å². The second-order valence-corrected chi connectivity index (χ2v) is 6.31. The number of nitrogens with zero attached hydrogens (tertiary/aromatic N) is 1. The molecule has 3 fully saturated rings. The lowest BCUT2D eigenvalue weighted by Crippen LogP contribution is -2.52. The fraction of sp³-hybridized carbons (Fsp3) is 0.933. The molecule has 1 amide bonds. The zero-order chi connectivity index (χ0) is 13.3. The largest absolute Gasteiger partial charge is 0.347 e. The van der Waals surface area contributed by atoms with Crippen LogP contribution >= 0.6 is 0 Å². The molecule has 2 heterocycles. The maximum absolute atomic E-state index is 12.8. The molecule has 19 heavy (non-hydrogen) atoms. The van der Waals surface area contributed by atoms with Crippen molar-refractivity contribution in [3.8, 4) is 0 Å². The third kappa shape index (κ3) is 2.52. The van der Waals surface area contributed by atoms with Crippen LogP contribution in [0.5, 0.6) is 0 Å². The van der Waals surface area contributed by atoms with Crippen LogP contribution in [0, 0.1) is 11.8 Å². The van der Waals surface area contributed by atoms with Crippen molar-refractivity contribution in [1.29, 1.82) is 0 Å². The quantitative estimate of drug-likeness (QED) is 0.731. The highest BCUT2D eigenvalue weighted by Gasteiger charge is 2.50. The fourth-order valence-corrected chi connectivity index (χ4v) is 3.69. The number of piperidine rings is 1. The summed E-state index contributed by atoms with van der Waals surface area (Å²) < 4.78 is 11.7. The van der Waals surface area contributed by atoms with Gasteiger partial charge in [0.2, 0.25) is 5.91 Å². The maximum atomic E-state index is 12.8. The van der Waals surface area contributed by atoms with Crippen LogP contribution in [0.25, 0.3) is 0 Å². The molecular weight excluding hydrogens is 242 g/mol. The van der Waals surface area contributed by atoms with Crippen molar-refractivity contribution < 1.29 is 14.3 Å². The number of hydrogen-bond acceptors (Lipinski definition) is 3. The summed E-state index contributed by atoms with van der Waals surface area (Å²) in [6, 6.07) is 0. The van der Waals surface area contributed by atoms with Crippen LogP contribution in [0.2, 0.25) is 0 Å². The van der Waals surface area contributed by atoms with Crippen molar-refractivity contribution in [3.63, 3.8) is 0 Å².